The van der Waals surface area contributed by atoms with E-state index in [-0.39, 0.29) is 19.6 Å². The summed E-state index contributed by atoms with van der Waals surface area (Å²) in [6, 6.07) is 11.8. The van der Waals surface area contributed by atoms with E-state index in [1.807, 2.05) is 0 Å². The van der Waals surface area contributed by atoms with E-state index in [0.717, 1.165) is 12.1 Å². The van der Waals surface area contributed by atoms with Crippen molar-refractivity contribution in [1.82, 2.24) is 0 Å². The molecule has 2 aromatic rings. The van der Waals surface area contributed by atoms with Crippen molar-refractivity contribution in [3.8, 4) is 11.1 Å². The second-order valence-corrected chi connectivity index (χ2v) is 6.06. The molecule has 0 aliphatic carbocycles. The number of hydrogen-bond acceptors (Lipinski definition) is 4. The van der Waals surface area contributed by atoms with Gasteiger partial charge in [0.05, 0.1) is 12.2 Å². The average Bonchev–Trinajstić information content (AvgIpc) is 2.67. The van der Waals surface area contributed by atoms with Crippen LogP contribution in [0.25, 0.3) is 11.1 Å². The van der Waals surface area contributed by atoms with Gasteiger partial charge in [-0.05, 0) is 42.2 Å². The lowest BCUT2D eigenvalue weighted by Crippen LogP contribution is -2.27. The fourth-order valence-corrected chi connectivity index (χ4v) is 2.69. The smallest absolute Gasteiger partial charge is 0.416 e. The molecule has 0 aliphatic heterocycles. The highest BCUT2D eigenvalue weighted by molar-refractivity contribution is 5.94. The van der Waals surface area contributed by atoms with Gasteiger partial charge in [-0.15, -0.1) is 0 Å². The summed E-state index contributed by atoms with van der Waals surface area (Å²) in [5.41, 5.74) is 0.496. The second-order valence-electron chi connectivity index (χ2n) is 6.06. The predicted octanol–water partition coefficient (Wildman–Crippen LogP) is 5.00. The zero-order chi connectivity index (χ0) is 20.7. The Morgan fingerprint density at radius 3 is 2.18 bits per heavy atom. The maximum atomic E-state index is 13.1. The SMILES string of the molecule is CCOC(=O)C(CC)C(=O)OCc1ccc(C(F)(F)F)cc1-c1ccccc1. The first-order chi connectivity index (χ1) is 13.3. The molecule has 2 aromatic carbocycles. The van der Waals surface area contributed by atoms with Crippen molar-refractivity contribution in [2.45, 2.75) is 33.1 Å². The number of carbonyl (C=O) groups excluding carboxylic acids is 2. The van der Waals surface area contributed by atoms with E-state index < -0.39 is 29.6 Å². The molecule has 0 aromatic heterocycles. The van der Waals surface area contributed by atoms with Crippen LogP contribution in [0.1, 0.15) is 31.4 Å². The molecule has 0 aliphatic rings. The van der Waals surface area contributed by atoms with Crippen LogP contribution in [0, 0.1) is 5.92 Å². The second kappa shape index (κ2) is 9.39. The minimum absolute atomic E-state index is 0.139. The summed E-state index contributed by atoms with van der Waals surface area (Å²) in [6.45, 7) is 3.16. The Bertz CT molecular complexity index is 816. The first-order valence-corrected chi connectivity index (χ1v) is 8.86. The van der Waals surface area contributed by atoms with E-state index >= 15 is 0 Å². The molecule has 0 radical (unpaired) electrons. The average molecular weight is 394 g/mol. The van der Waals surface area contributed by atoms with Crippen LogP contribution in [0.3, 0.4) is 0 Å². The molecule has 2 rings (SSSR count). The van der Waals surface area contributed by atoms with E-state index in [9.17, 15) is 22.8 Å². The molecule has 0 saturated carbocycles. The van der Waals surface area contributed by atoms with Gasteiger partial charge in [0.2, 0.25) is 0 Å². The molecule has 7 heteroatoms. The first-order valence-electron chi connectivity index (χ1n) is 8.86. The quantitative estimate of drug-likeness (QED) is 0.490. The number of esters is 2. The first kappa shape index (κ1) is 21.5. The van der Waals surface area contributed by atoms with Crippen molar-refractivity contribution in [1.29, 1.82) is 0 Å². The molecule has 150 valence electrons. The van der Waals surface area contributed by atoms with Crippen molar-refractivity contribution < 1.29 is 32.2 Å². The Labute approximate surface area is 161 Å². The number of rotatable bonds is 7. The molecule has 4 nitrogen and oxygen atoms in total. The van der Waals surface area contributed by atoms with Gasteiger partial charge in [-0.3, -0.25) is 9.59 Å². The topological polar surface area (TPSA) is 52.6 Å². The zero-order valence-electron chi connectivity index (χ0n) is 15.6. The van der Waals surface area contributed by atoms with Crippen molar-refractivity contribution in [2.75, 3.05) is 6.61 Å². The highest BCUT2D eigenvalue weighted by Gasteiger charge is 2.32. The summed E-state index contributed by atoms with van der Waals surface area (Å²) in [6.07, 6.45) is -4.29. The number of alkyl halides is 3. The van der Waals surface area contributed by atoms with Gasteiger partial charge in [-0.25, -0.2) is 0 Å². The normalized spacial score (nSPS) is 12.3. The molecule has 1 atom stereocenters. The highest BCUT2D eigenvalue weighted by atomic mass is 19.4. The Morgan fingerprint density at radius 1 is 0.964 bits per heavy atom. The zero-order valence-corrected chi connectivity index (χ0v) is 15.6. The van der Waals surface area contributed by atoms with Crippen LogP contribution in [0.4, 0.5) is 13.2 Å². The number of benzene rings is 2. The van der Waals surface area contributed by atoms with Gasteiger partial charge in [-0.1, -0.05) is 43.3 Å². The van der Waals surface area contributed by atoms with Crippen LogP contribution in [-0.4, -0.2) is 18.5 Å². The molecule has 0 spiro atoms. The minimum Gasteiger partial charge on any atom is -0.465 e. The van der Waals surface area contributed by atoms with Gasteiger partial charge in [0, 0.05) is 0 Å². The monoisotopic (exact) mass is 394 g/mol. The molecule has 0 N–H and O–H groups in total. The lowest BCUT2D eigenvalue weighted by Gasteiger charge is -2.16. The van der Waals surface area contributed by atoms with Gasteiger partial charge in [0.15, 0.2) is 5.92 Å². The maximum absolute atomic E-state index is 13.1. The van der Waals surface area contributed by atoms with Gasteiger partial charge in [0.1, 0.15) is 6.61 Å². The molecule has 0 saturated heterocycles. The number of ether oxygens (including phenoxy) is 2. The molecule has 28 heavy (non-hydrogen) atoms. The van der Waals surface area contributed by atoms with Crippen LogP contribution in [0.5, 0.6) is 0 Å². The van der Waals surface area contributed by atoms with E-state index in [0.29, 0.717) is 16.7 Å². The predicted molar refractivity (Wildman–Crippen MR) is 97.1 cm³/mol. The van der Waals surface area contributed by atoms with Crippen molar-refractivity contribution >= 4 is 11.9 Å². The molecular weight excluding hydrogens is 373 g/mol. The number of hydrogen-bond donors (Lipinski definition) is 0. The lowest BCUT2D eigenvalue weighted by molar-refractivity contribution is -0.162. The summed E-state index contributed by atoms with van der Waals surface area (Å²) in [4.78, 5) is 24.1. The van der Waals surface area contributed by atoms with Crippen molar-refractivity contribution in [3.63, 3.8) is 0 Å². The van der Waals surface area contributed by atoms with Crippen LogP contribution >= 0.6 is 0 Å². The van der Waals surface area contributed by atoms with E-state index in [1.54, 1.807) is 44.2 Å². The standard InChI is InChI=1S/C21H21F3O4/c1-3-17(19(25)27-4-2)20(26)28-13-15-10-11-16(21(22,23)24)12-18(15)14-8-6-5-7-9-14/h5-12,17H,3-4,13H2,1-2H3. The molecule has 0 fully saturated rings. The summed E-state index contributed by atoms with van der Waals surface area (Å²) >= 11 is 0. The van der Waals surface area contributed by atoms with Crippen molar-refractivity contribution in [2.24, 2.45) is 5.92 Å². The van der Waals surface area contributed by atoms with E-state index in [1.165, 1.54) is 6.07 Å². The van der Waals surface area contributed by atoms with Crippen LogP contribution in [-0.2, 0) is 31.8 Å². The number of carbonyl (C=O) groups is 2. The molecule has 0 bridgehead atoms. The van der Waals surface area contributed by atoms with Crippen LogP contribution in [0.15, 0.2) is 48.5 Å². The molecule has 0 heterocycles. The van der Waals surface area contributed by atoms with Crippen LogP contribution in [0.2, 0.25) is 0 Å². The fourth-order valence-electron chi connectivity index (χ4n) is 2.69. The Balaban J connectivity index is 2.27. The minimum atomic E-state index is -4.49. The third-order valence-electron chi connectivity index (χ3n) is 4.16. The lowest BCUT2D eigenvalue weighted by atomic mass is 9.97. The Hall–Kier alpha value is -2.83. The van der Waals surface area contributed by atoms with E-state index in [2.05, 4.69) is 0 Å². The van der Waals surface area contributed by atoms with Gasteiger partial charge in [-0.2, -0.15) is 13.2 Å². The van der Waals surface area contributed by atoms with Crippen LogP contribution < -0.4 is 0 Å². The Morgan fingerprint density at radius 2 is 1.61 bits per heavy atom. The largest absolute Gasteiger partial charge is 0.465 e. The summed E-state index contributed by atoms with van der Waals surface area (Å²) in [5, 5.41) is 0. The molecule has 0 amide bonds. The number of halogens is 3. The van der Waals surface area contributed by atoms with Gasteiger partial charge in [0.25, 0.3) is 0 Å². The third-order valence-corrected chi connectivity index (χ3v) is 4.16. The van der Waals surface area contributed by atoms with E-state index in [4.69, 9.17) is 9.47 Å². The third kappa shape index (κ3) is 5.34. The Kier molecular flexibility index (Phi) is 7.20. The maximum Gasteiger partial charge on any atom is 0.416 e. The fraction of sp³-hybridized carbons (Fsp3) is 0.333. The summed E-state index contributed by atoms with van der Waals surface area (Å²) in [5.74, 6) is -2.50. The van der Waals surface area contributed by atoms with Gasteiger partial charge < -0.3 is 9.47 Å². The summed E-state index contributed by atoms with van der Waals surface area (Å²) < 4.78 is 49.4. The molecule has 1 unspecified atom stereocenters. The van der Waals surface area contributed by atoms with Crippen molar-refractivity contribution in [3.05, 3.63) is 59.7 Å². The summed E-state index contributed by atoms with van der Waals surface area (Å²) in [7, 11) is 0. The molecular formula is C21H21F3O4. The highest BCUT2D eigenvalue weighted by Crippen LogP contribution is 2.34. The van der Waals surface area contributed by atoms with Gasteiger partial charge >= 0.3 is 18.1 Å².